The van der Waals surface area contributed by atoms with Crippen LogP contribution >= 0.6 is 0 Å². The second-order valence-corrected chi connectivity index (χ2v) is 1.75. The van der Waals surface area contributed by atoms with Crippen molar-refractivity contribution in [2.75, 3.05) is 13.2 Å². The summed E-state index contributed by atoms with van der Waals surface area (Å²) in [4.78, 5) is 0. The molecule has 1 fully saturated rings. The van der Waals surface area contributed by atoms with Crippen LogP contribution in [-0.4, -0.2) is 13.2 Å². The van der Waals surface area contributed by atoms with Crippen LogP contribution in [0.25, 0.3) is 0 Å². The van der Waals surface area contributed by atoms with Gasteiger partial charge < -0.3 is 4.74 Å². The molecule has 0 spiro atoms. The van der Waals surface area contributed by atoms with Crippen LogP contribution in [0.2, 0.25) is 0 Å². The highest BCUT2D eigenvalue weighted by atomic mass is 16.5. The summed E-state index contributed by atoms with van der Waals surface area (Å²) in [5, 5.41) is 0. The number of ether oxygens (including phenoxy) is 1. The van der Waals surface area contributed by atoms with Crippen molar-refractivity contribution < 1.29 is 4.74 Å². The average Bonchev–Trinajstić information content (AvgIpc) is 1.86. The highest BCUT2D eigenvalue weighted by Crippen LogP contribution is 2.07. The molecule has 0 aromatic rings. The lowest BCUT2D eigenvalue weighted by atomic mass is 10.2. The first-order valence-electron chi connectivity index (χ1n) is 2.30. The second-order valence-electron chi connectivity index (χ2n) is 1.75. The Morgan fingerprint density at radius 2 is 2.67 bits per heavy atom. The quantitative estimate of drug-likeness (QED) is 0.424. The molecule has 6 heavy (non-hydrogen) atoms. The molecular formula is C5H9O. The van der Waals surface area contributed by atoms with Gasteiger partial charge in [0, 0.05) is 6.61 Å². The Morgan fingerprint density at radius 1 is 1.83 bits per heavy atom. The smallest absolute Gasteiger partial charge is 0.0501 e. The summed E-state index contributed by atoms with van der Waals surface area (Å²) >= 11 is 0. The van der Waals surface area contributed by atoms with E-state index in [0.29, 0.717) is 5.92 Å². The van der Waals surface area contributed by atoms with E-state index in [1.165, 1.54) is 0 Å². The van der Waals surface area contributed by atoms with Crippen LogP contribution in [0.1, 0.15) is 6.92 Å². The Hall–Kier alpha value is -0.0400. The van der Waals surface area contributed by atoms with Crippen LogP contribution in [0.3, 0.4) is 0 Å². The Labute approximate surface area is 38.3 Å². The minimum atomic E-state index is 0.699. The SMILES string of the molecule is CC1[CH]COC1. The van der Waals surface area contributed by atoms with Gasteiger partial charge in [-0.15, -0.1) is 0 Å². The first-order valence-corrected chi connectivity index (χ1v) is 2.30. The summed E-state index contributed by atoms with van der Waals surface area (Å²) in [6, 6.07) is 0. The topological polar surface area (TPSA) is 9.23 Å². The van der Waals surface area contributed by atoms with Crippen molar-refractivity contribution >= 4 is 0 Å². The third-order valence-electron chi connectivity index (χ3n) is 0.997. The summed E-state index contributed by atoms with van der Waals surface area (Å²) in [6.45, 7) is 3.95. The molecule has 1 saturated heterocycles. The standard InChI is InChI=1S/C5H9O/c1-5-2-3-6-4-5/h2,5H,3-4H2,1H3. The maximum Gasteiger partial charge on any atom is 0.0501 e. The lowest BCUT2D eigenvalue weighted by Gasteiger charge is -1.88. The zero-order valence-electron chi connectivity index (χ0n) is 3.98. The van der Waals surface area contributed by atoms with Crippen LogP contribution in [-0.2, 0) is 4.74 Å². The third kappa shape index (κ3) is 0.716. The molecule has 0 aromatic carbocycles. The largest absolute Gasteiger partial charge is 0.381 e. The lowest BCUT2D eigenvalue weighted by molar-refractivity contribution is 0.191. The van der Waals surface area contributed by atoms with Gasteiger partial charge in [0.1, 0.15) is 0 Å². The number of rotatable bonds is 0. The van der Waals surface area contributed by atoms with E-state index in [4.69, 9.17) is 4.74 Å². The number of hydrogen-bond donors (Lipinski definition) is 0. The summed E-state index contributed by atoms with van der Waals surface area (Å²) in [7, 11) is 0. The molecular weight excluding hydrogens is 76.1 g/mol. The average molecular weight is 85.1 g/mol. The molecule has 1 aliphatic rings. The Balaban J connectivity index is 2.18. The van der Waals surface area contributed by atoms with Crippen molar-refractivity contribution in [3.8, 4) is 0 Å². The summed E-state index contributed by atoms with van der Waals surface area (Å²) in [5.74, 6) is 0.699. The van der Waals surface area contributed by atoms with E-state index in [-0.39, 0.29) is 0 Å². The fourth-order valence-electron chi connectivity index (χ4n) is 0.554. The van der Waals surface area contributed by atoms with Gasteiger partial charge in [-0.2, -0.15) is 0 Å². The minimum absolute atomic E-state index is 0.699. The fourth-order valence-corrected chi connectivity index (χ4v) is 0.554. The van der Waals surface area contributed by atoms with Gasteiger partial charge in [-0.3, -0.25) is 0 Å². The molecule has 0 aliphatic carbocycles. The summed E-state index contributed by atoms with van der Waals surface area (Å²) < 4.78 is 5.00. The molecule has 1 heteroatoms. The van der Waals surface area contributed by atoms with Gasteiger partial charge in [0.25, 0.3) is 0 Å². The van der Waals surface area contributed by atoms with E-state index in [2.05, 4.69) is 13.3 Å². The Bertz CT molecular complexity index is 37.2. The molecule has 0 amide bonds. The molecule has 0 bridgehead atoms. The molecule has 1 radical (unpaired) electrons. The molecule has 0 N–H and O–H groups in total. The van der Waals surface area contributed by atoms with E-state index in [9.17, 15) is 0 Å². The lowest BCUT2D eigenvalue weighted by Crippen LogP contribution is -1.88. The summed E-state index contributed by atoms with van der Waals surface area (Å²) in [5.41, 5.74) is 0. The van der Waals surface area contributed by atoms with Gasteiger partial charge in [-0.25, -0.2) is 0 Å². The molecule has 0 saturated carbocycles. The van der Waals surface area contributed by atoms with Gasteiger partial charge in [-0.1, -0.05) is 6.92 Å². The number of hydrogen-bond acceptors (Lipinski definition) is 1. The van der Waals surface area contributed by atoms with Gasteiger partial charge in [0.2, 0.25) is 0 Å². The van der Waals surface area contributed by atoms with Crippen LogP contribution < -0.4 is 0 Å². The van der Waals surface area contributed by atoms with Gasteiger partial charge in [0.15, 0.2) is 0 Å². The molecule has 1 atom stereocenters. The van der Waals surface area contributed by atoms with Crippen molar-refractivity contribution in [2.24, 2.45) is 5.92 Å². The molecule has 35 valence electrons. The predicted molar refractivity (Wildman–Crippen MR) is 24.3 cm³/mol. The highest BCUT2D eigenvalue weighted by molar-refractivity contribution is 4.76. The highest BCUT2D eigenvalue weighted by Gasteiger charge is 2.08. The monoisotopic (exact) mass is 85.1 g/mol. The second kappa shape index (κ2) is 1.61. The molecule has 1 aliphatic heterocycles. The Morgan fingerprint density at radius 3 is 2.83 bits per heavy atom. The van der Waals surface area contributed by atoms with Crippen molar-refractivity contribution in [2.45, 2.75) is 6.92 Å². The van der Waals surface area contributed by atoms with Crippen LogP contribution in [0, 0.1) is 12.3 Å². The maximum atomic E-state index is 5.00. The first kappa shape index (κ1) is 4.13. The normalized spacial score (nSPS) is 34.5. The molecule has 1 nitrogen and oxygen atoms in total. The van der Waals surface area contributed by atoms with Gasteiger partial charge >= 0.3 is 0 Å². The van der Waals surface area contributed by atoms with Crippen molar-refractivity contribution in [3.05, 3.63) is 6.42 Å². The zero-order chi connectivity index (χ0) is 4.41. The van der Waals surface area contributed by atoms with E-state index in [1.807, 2.05) is 0 Å². The molecule has 1 unspecified atom stereocenters. The molecule has 1 heterocycles. The van der Waals surface area contributed by atoms with Crippen LogP contribution in [0.4, 0.5) is 0 Å². The van der Waals surface area contributed by atoms with Crippen molar-refractivity contribution in [1.82, 2.24) is 0 Å². The fraction of sp³-hybridized carbons (Fsp3) is 0.800. The van der Waals surface area contributed by atoms with Crippen LogP contribution in [0.15, 0.2) is 0 Å². The minimum Gasteiger partial charge on any atom is -0.381 e. The van der Waals surface area contributed by atoms with Crippen LogP contribution in [0.5, 0.6) is 0 Å². The van der Waals surface area contributed by atoms with Crippen molar-refractivity contribution in [3.63, 3.8) is 0 Å². The summed E-state index contributed by atoms with van der Waals surface area (Å²) in [6.07, 6.45) is 2.18. The zero-order valence-corrected chi connectivity index (χ0v) is 3.98. The van der Waals surface area contributed by atoms with Crippen molar-refractivity contribution in [1.29, 1.82) is 0 Å². The Kier molecular flexibility index (Phi) is 1.10. The molecule has 1 rings (SSSR count). The van der Waals surface area contributed by atoms with E-state index < -0.39 is 0 Å². The van der Waals surface area contributed by atoms with E-state index in [1.54, 1.807) is 0 Å². The molecule has 0 aromatic heterocycles. The maximum absolute atomic E-state index is 5.00. The van der Waals surface area contributed by atoms with E-state index >= 15 is 0 Å². The van der Waals surface area contributed by atoms with Gasteiger partial charge in [-0.05, 0) is 12.3 Å². The first-order chi connectivity index (χ1) is 2.89. The third-order valence-corrected chi connectivity index (χ3v) is 0.997. The van der Waals surface area contributed by atoms with E-state index in [0.717, 1.165) is 13.2 Å². The predicted octanol–water partition coefficient (Wildman–Crippen LogP) is 0.857. The van der Waals surface area contributed by atoms with Gasteiger partial charge in [0.05, 0.1) is 6.61 Å².